The average molecular weight is 297 g/mol. The van der Waals surface area contributed by atoms with E-state index in [1.54, 1.807) is 6.92 Å². The summed E-state index contributed by atoms with van der Waals surface area (Å²) < 4.78 is 10.5. The van der Waals surface area contributed by atoms with Crippen molar-refractivity contribution in [2.75, 3.05) is 6.79 Å². The Balaban J connectivity index is -0.000000114. The highest BCUT2D eigenvalue weighted by atomic mass is 16.7. The Morgan fingerprint density at radius 3 is 2.10 bits per heavy atom. The SMILES string of the molecule is C=O.CCC(O)CC(C)O.CCC1CC(C)OCO1.O.[H+]. The summed E-state index contributed by atoms with van der Waals surface area (Å²) in [7, 11) is 0. The molecule has 0 radical (unpaired) electrons. The first kappa shape index (κ1) is 24.5. The second kappa shape index (κ2) is 16.5. The number of carbonyl (C=O) groups excluding carboxylic acids is 1. The fourth-order valence-electron chi connectivity index (χ4n) is 1.60. The Labute approximate surface area is 123 Å². The molecule has 0 bridgehead atoms. The van der Waals surface area contributed by atoms with Crippen molar-refractivity contribution in [2.45, 2.75) is 77.8 Å². The molecule has 0 aromatic rings. The maximum absolute atomic E-state index is 8.87. The van der Waals surface area contributed by atoms with Crippen LogP contribution in [0.1, 0.15) is 54.8 Å². The van der Waals surface area contributed by atoms with Crippen LogP contribution < -0.4 is 0 Å². The largest absolute Gasteiger partial charge is 1.00 e. The van der Waals surface area contributed by atoms with Gasteiger partial charge in [-0.15, -0.1) is 0 Å². The molecule has 0 aromatic heterocycles. The van der Waals surface area contributed by atoms with Crippen molar-refractivity contribution in [1.82, 2.24) is 0 Å². The third-order valence-electron chi connectivity index (χ3n) is 2.79. The van der Waals surface area contributed by atoms with E-state index in [0.717, 1.165) is 19.3 Å². The van der Waals surface area contributed by atoms with E-state index in [9.17, 15) is 0 Å². The minimum Gasteiger partial charge on any atom is -0.412 e. The van der Waals surface area contributed by atoms with Gasteiger partial charge in [-0.1, -0.05) is 13.8 Å². The molecular weight excluding hydrogens is 264 g/mol. The van der Waals surface area contributed by atoms with Crippen LogP contribution in [0, 0.1) is 0 Å². The Kier molecular flexibility index (Phi) is 20.2. The lowest BCUT2D eigenvalue weighted by Gasteiger charge is -2.26. The average Bonchev–Trinajstić information content (AvgIpc) is 2.41. The van der Waals surface area contributed by atoms with E-state index in [1.165, 1.54) is 0 Å². The number of aliphatic hydroxyl groups is 2. The summed E-state index contributed by atoms with van der Waals surface area (Å²) in [4.78, 5) is 8.00. The molecule has 1 fully saturated rings. The first-order valence-corrected chi connectivity index (χ1v) is 6.87. The zero-order valence-corrected chi connectivity index (χ0v) is 13.2. The smallest absolute Gasteiger partial charge is 0.412 e. The van der Waals surface area contributed by atoms with Crippen LogP contribution in [0.3, 0.4) is 0 Å². The molecule has 0 amide bonds. The third-order valence-corrected chi connectivity index (χ3v) is 2.79. The molecule has 4 unspecified atom stereocenters. The highest BCUT2D eigenvalue weighted by Gasteiger charge is 2.17. The van der Waals surface area contributed by atoms with Crippen molar-refractivity contribution < 1.29 is 31.4 Å². The summed E-state index contributed by atoms with van der Waals surface area (Å²) in [6.45, 7) is 10.3. The molecule has 20 heavy (non-hydrogen) atoms. The molecule has 1 heterocycles. The van der Waals surface area contributed by atoms with Gasteiger partial charge >= 0.3 is 1.43 Å². The van der Waals surface area contributed by atoms with E-state index in [-0.39, 0.29) is 19.1 Å². The number of rotatable bonds is 4. The predicted octanol–water partition coefficient (Wildman–Crippen LogP) is 1.18. The van der Waals surface area contributed by atoms with Gasteiger partial charge in [0.25, 0.3) is 0 Å². The van der Waals surface area contributed by atoms with Crippen LogP contribution in [-0.2, 0) is 14.3 Å². The fourth-order valence-corrected chi connectivity index (χ4v) is 1.60. The van der Waals surface area contributed by atoms with Gasteiger partial charge in [0.05, 0.1) is 24.4 Å². The Morgan fingerprint density at radius 2 is 1.85 bits per heavy atom. The van der Waals surface area contributed by atoms with Crippen molar-refractivity contribution >= 4 is 6.79 Å². The van der Waals surface area contributed by atoms with Crippen LogP contribution in [0.5, 0.6) is 0 Å². The normalized spacial score (nSPS) is 23.9. The van der Waals surface area contributed by atoms with E-state index >= 15 is 0 Å². The van der Waals surface area contributed by atoms with E-state index in [0.29, 0.717) is 25.4 Å². The molecular formula is C14H33O6+. The van der Waals surface area contributed by atoms with Gasteiger partial charge in [0.1, 0.15) is 13.6 Å². The van der Waals surface area contributed by atoms with Crippen LogP contribution in [0.2, 0.25) is 0 Å². The summed E-state index contributed by atoms with van der Waals surface area (Å²) in [6, 6.07) is 0. The second-order valence-electron chi connectivity index (χ2n) is 4.67. The summed E-state index contributed by atoms with van der Waals surface area (Å²) in [6.07, 6.45) is 3.52. The molecule has 0 aromatic carbocycles. The van der Waals surface area contributed by atoms with Gasteiger partial charge in [0, 0.05) is 0 Å². The van der Waals surface area contributed by atoms with Crippen molar-refractivity contribution in [3.05, 3.63) is 0 Å². The monoisotopic (exact) mass is 297 g/mol. The molecule has 4 atom stereocenters. The van der Waals surface area contributed by atoms with Crippen LogP contribution in [0.15, 0.2) is 0 Å². The lowest BCUT2D eigenvalue weighted by atomic mass is 10.1. The van der Waals surface area contributed by atoms with Gasteiger partial charge < -0.3 is 30.0 Å². The Bertz CT molecular complexity index is 194. The quantitative estimate of drug-likeness (QED) is 0.810. The molecule has 1 saturated heterocycles. The topological polar surface area (TPSA) is 107 Å². The van der Waals surface area contributed by atoms with Crippen LogP contribution >= 0.6 is 0 Å². The van der Waals surface area contributed by atoms with Crippen molar-refractivity contribution in [3.8, 4) is 0 Å². The van der Waals surface area contributed by atoms with Crippen molar-refractivity contribution in [2.24, 2.45) is 0 Å². The summed E-state index contributed by atoms with van der Waals surface area (Å²) in [5.41, 5.74) is 0. The number of hydrogen-bond acceptors (Lipinski definition) is 5. The molecule has 1 aliphatic rings. The highest BCUT2D eigenvalue weighted by Crippen LogP contribution is 2.14. The molecule has 0 aliphatic carbocycles. The number of aliphatic hydroxyl groups excluding tert-OH is 2. The summed E-state index contributed by atoms with van der Waals surface area (Å²) in [5.74, 6) is 0. The molecule has 6 nitrogen and oxygen atoms in total. The van der Waals surface area contributed by atoms with E-state index in [1.807, 2.05) is 13.7 Å². The van der Waals surface area contributed by atoms with Gasteiger partial charge in [-0.05, 0) is 39.5 Å². The van der Waals surface area contributed by atoms with E-state index in [4.69, 9.17) is 24.5 Å². The molecule has 0 spiro atoms. The van der Waals surface area contributed by atoms with Crippen molar-refractivity contribution in [1.29, 1.82) is 0 Å². The Morgan fingerprint density at radius 1 is 1.30 bits per heavy atom. The van der Waals surface area contributed by atoms with Gasteiger partial charge in [-0.25, -0.2) is 0 Å². The summed E-state index contributed by atoms with van der Waals surface area (Å²) >= 11 is 0. The minimum atomic E-state index is -0.370. The maximum Gasteiger partial charge on any atom is 1.00 e. The van der Waals surface area contributed by atoms with Gasteiger partial charge in [0.2, 0.25) is 0 Å². The predicted molar refractivity (Wildman–Crippen MR) is 79.6 cm³/mol. The van der Waals surface area contributed by atoms with Gasteiger partial charge in [-0.3, -0.25) is 0 Å². The van der Waals surface area contributed by atoms with Crippen molar-refractivity contribution in [3.63, 3.8) is 0 Å². The minimum absolute atomic E-state index is 0. The van der Waals surface area contributed by atoms with Gasteiger partial charge in [-0.2, -0.15) is 0 Å². The number of ether oxygens (including phenoxy) is 2. The Hall–Kier alpha value is -0.530. The van der Waals surface area contributed by atoms with Crippen LogP contribution in [0.4, 0.5) is 0 Å². The number of carbonyl (C=O) groups is 1. The zero-order valence-electron chi connectivity index (χ0n) is 14.2. The standard InChI is InChI=1S/C7H14O2.C6H14O2.CH2O.H2O/c1-3-7-4-6(2)8-5-9-7;1-3-6(8)4-5(2)7;1-2;/h6-7H,3-5H2,1-2H3;5-8H,3-4H2,1-2H3;1H2;1H2/p+1. The fraction of sp³-hybridized carbons (Fsp3) is 0.929. The molecule has 1 rings (SSSR count). The second-order valence-corrected chi connectivity index (χ2v) is 4.67. The van der Waals surface area contributed by atoms with Crippen LogP contribution in [-0.4, -0.2) is 53.7 Å². The molecule has 6 heteroatoms. The van der Waals surface area contributed by atoms with Gasteiger partial charge in [0.15, 0.2) is 0 Å². The van der Waals surface area contributed by atoms with E-state index in [2.05, 4.69) is 13.8 Å². The first-order chi connectivity index (χ1) is 8.99. The first-order valence-electron chi connectivity index (χ1n) is 6.87. The zero-order chi connectivity index (χ0) is 15.3. The lowest BCUT2D eigenvalue weighted by molar-refractivity contribution is -0.170. The third kappa shape index (κ3) is 15.5. The summed E-state index contributed by atoms with van der Waals surface area (Å²) in [5, 5.41) is 17.6. The number of hydrogen-bond donors (Lipinski definition) is 2. The molecule has 1 aliphatic heterocycles. The lowest BCUT2D eigenvalue weighted by Crippen LogP contribution is -2.28. The van der Waals surface area contributed by atoms with E-state index < -0.39 is 0 Å². The van der Waals surface area contributed by atoms with Crippen LogP contribution in [0.25, 0.3) is 0 Å². The highest BCUT2D eigenvalue weighted by molar-refractivity contribution is 5.10. The maximum atomic E-state index is 8.87. The molecule has 124 valence electrons. The molecule has 4 N–H and O–H groups in total. The molecule has 0 saturated carbocycles.